The maximum absolute atomic E-state index is 13.5. The Morgan fingerprint density at radius 2 is 1.69 bits per heavy atom. The molecule has 0 aliphatic heterocycles. The maximum Gasteiger partial charge on any atom is 0.264 e. The van der Waals surface area contributed by atoms with Gasteiger partial charge in [0.15, 0.2) is 0 Å². The molecule has 8 heteroatoms. The van der Waals surface area contributed by atoms with Crippen LogP contribution in [-0.4, -0.2) is 20.9 Å². The Morgan fingerprint density at radius 3 is 2.28 bits per heavy atom. The van der Waals surface area contributed by atoms with Gasteiger partial charge in [0.05, 0.1) is 23.1 Å². The van der Waals surface area contributed by atoms with Crippen LogP contribution in [-0.2, 0) is 21.2 Å². The Bertz CT molecular complexity index is 1270. The first-order chi connectivity index (χ1) is 15.2. The molecule has 0 fully saturated rings. The van der Waals surface area contributed by atoms with Crippen molar-refractivity contribution in [3.63, 3.8) is 0 Å². The molecule has 6 nitrogen and oxygen atoms in total. The lowest BCUT2D eigenvalue weighted by Crippen LogP contribution is -2.38. The van der Waals surface area contributed by atoms with Crippen molar-refractivity contribution in [2.75, 3.05) is 16.2 Å². The van der Waals surface area contributed by atoms with Crippen molar-refractivity contribution in [3.05, 3.63) is 88.4 Å². The van der Waals surface area contributed by atoms with Crippen molar-refractivity contribution < 1.29 is 13.2 Å². The van der Waals surface area contributed by atoms with Crippen LogP contribution < -0.4 is 9.62 Å². The molecular weight excluding hydrogens is 446 g/mol. The van der Waals surface area contributed by atoms with E-state index in [-0.39, 0.29) is 11.3 Å². The summed E-state index contributed by atoms with van der Waals surface area (Å²) >= 11 is 6.05. The Labute approximate surface area is 193 Å². The van der Waals surface area contributed by atoms with Gasteiger partial charge in [0.2, 0.25) is 5.91 Å². The van der Waals surface area contributed by atoms with Crippen molar-refractivity contribution in [1.82, 2.24) is 0 Å². The summed E-state index contributed by atoms with van der Waals surface area (Å²) in [5.74, 6) is -0.497. The lowest BCUT2D eigenvalue weighted by atomic mass is 10.1. The first-order valence-electron chi connectivity index (χ1n) is 9.82. The predicted molar refractivity (Wildman–Crippen MR) is 126 cm³/mol. The van der Waals surface area contributed by atoms with Gasteiger partial charge in [-0.05, 0) is 67.4 Å². The average Bonchev–Trinajstić information content (AvgIpc) is 2.74. The normalized spacial score (nSPS) is 10.9. The minimum absolute atomic E-state index is 0.0890. The molecule has 0 saturated carbocycles. The molecule has 164 valence electrons. The molecule has 0 heterocycles. The molecule has 3 rings (SSSR count). The second kappa shape index (κ2) is 9.86. The zero-order chi connectivity index (χ0) is 23.3. The fraction of sp³-hybridized carbons (Fsp3) is 0.167. The van der Waals surface area contributed by atoms with Gasteiger partial charge in [-0.25, -0.2) is 8.42 Å². The third-order valence-corrected chi connectivity index (χ3v) is 6.85. The third-order valence-electron chi connectivity index (χ3n) is 4.84. The average molecular weight is 468 g/mol. The number of hydrogen-bond donors (Lipinski definition) is 1. The first-order valence-corrected chi connectivity index (χ1v) is 11.6. The molecule has 0 unspecified atom stereocenters. The van der Waals surface area contributed by atoms with Crippen molar-refractivity contribution >= 4 is 38.9 Å². The molecule has 1 amide bonds. The van der Waals surface area contributed by atoms with E-state index in [1.54, 1.807) is 61.5 Å². The van der Waals surface area contributed by atoms with Crippen molar-refractivity contribution in [1.29, 1.82) is 5.26 Å². The second-order valence-corrected chi connectivity index (χ2v) is 9.63. The number of carbonyl (C=O) groups excluding carboxylic acids is 1. The van der Waals surface area contributed by atoms with Crippen LogP contribution >= 0.6 is 11.6 Å². The molecule has 3 aromatic rings. The molecular formula is C24H22ClN3O3S. The van der Waals surface area contributed by atoms with Gasteiger partial charge in [0.1, 0.15) is 6.54 Å². The van der Waals surface area contributed by atoms with Crippen LogP contribution in [0, 0.1) is 25.2 Å². The zero-order valence-electron chi connectivity index (χ0n) is 17.7. The van der Waals surface area contributed by atoms with Gasteiger partial charge in [-0.1, -0.05) is 41.4 Å². The van der Waals surface area contributed by atoms with E-state index in [9.17, 15) is 13.2 Å². The van der Waals surface area contributed by atoms with Crippen molar-refractivity contribution in [2.45, 2.75) is 25.2 Å². The monoisotopic (exact) mass is 467 g/mol. The quantitative estimate of drug-likeness (QED) is 0.537. The maximum atomic E-state index is 13.5. The Hall–Kier alpha value is -3.34. The molecule has 32 heavy (non-hydrogen) atoms. The number of nitriles is 1. The first kappa shape index (κ1) is 23.3. The summed E-state index contributed by atoms with van der Waals surface area (Å²) in [4.78, 5) is 12.9. The number of nitrogens with zero attached hydrogens (tertiary/aromatic N) is 2. The molecule has 0 aromatic heterocycles. The number of nitrogens with one attached hydrogen (secondary N) is 1. The van der Waals surface area contributed by atoms with E-state index in [1.807, 2.05) is 6.92 Å². The van der Waals surface area contributed by atoms with Gasteiger partial charge in [0.25, 0.3) is 10.0 Å². The van der Waals surface area contributed by atoms with E-state index < -0.39 is 22.5 Å². The fourth-order valence-electron chi connectivity index (χ4n) is 3.16. The van der Waals surface area contributed by atoms with Crippen molar-refractivity contribution in [3.8, 4) is 6.07 Å². The van der Waals surface area contributed by atoms with Crippen LogP contribution in [0.3, 0.4) is 0 Å². The van der Waals surface area contributed by atoms with E-state index in [0.29, 0.717) is 22.0 Å². The van der Waals surface area contributed by atoms with Crippen LogP contribution in [0.25, 0.3) is 0 Å². The van der Waals surface area contributed by atoms with E-state index >= 15 is 0 Å². The molecule has 0 radical (unpaired) electrons. The number of halogens is 1. The SMILES string of the molecule is Cc1ccc(S(=O)(=O)N(CC(=O)Nc2ccc(CC#N)cc2)c2ccc(Cl)cc2C)cc1. The molecule has 0 spiro atoms. The number of sulfonamides is 1. The highest BCUT2D eigenvalue weighted by atomic mass is 35.5. The number of anilines is 2. The number of amides is 1. The Balaban J connectivity index is 1.93. The Morgan fingerprint density at radius 1 is 1.03 bits per heavy atom. The van der Waals surface area contributed by atoms with Gasteiger partial charge < -0.3 is 5.32 Å². The highest BCUT2D eigenvalue weighted by Gasteiger charge is 2.28. The topological polar surface area (TPSA) is 90.3 Å². The predicted octanol–water partition coefficient (Wildman–Crippen LogP) is 4.86. The number of aryl methyl sites for hydroxylation is 2. The zero-order valence-corrected chi connectivity index (χ0v) is 19.2. The molecule has 0 aliphatic carbocycles. The summed E-state index contributed by atoms with van der Waals surface area (Å²) in [6, 6.07) is 20.2. The Kier molecular flexibility index (Phi) is 7.18. The van der Waals surface area contributed by atoms with Crippen LogP contribution in [0.15, 0.2) is 71.6 Å². The number of benzene rings is 3. The molecule has 0 saturated heterocycles. The summed E-state index contributed by atoms with van der Waals surface area (Å²) in [7, 11) is -4.01. The van der Waals surface area contributed by atoms with Crippen LogP contribution in [0.4, 0.5) is 11.4 Å². The number of carbonyl (C=O) groups is 1. The minimum atomic E-state index is -4.01. The fourth-order valence-corrected chi connectivity index (χ4v) is 4.88. The number of rotatable bonds is 7. The summed E-state index contributed by atoms with van der Waals surface area (Å²) in [5, 5.41) is 12.0. The largest absolute Gasteiger partial charge is 0.325 e. The number of hydrogen-bond acceptors (Lipinski definition) is 4. The van der Waals surface area contributed by atoms with E-state index in [4.69, 9.17) is 16.9 Å². The lowest BCUT2D eigenvalue weighted by molar-refractivity contribution is -0.114. The highest BCUT2D eigenvalue weighted by molar-refractivity contribution is 7.92. The van der Waals surface area contributed by atoms with Gasteiger partial charge in [-0.3, -0.25) is 9.10 Å². The summed E-state index contributed by atoms with van der Waals surface area (Å²) in [6.07, 6.45) is 0.270. The molecule has 0 aliphatic rings. The minimum Gasteiger partial charge on any atom is -0.325 e. The van der Waals surface area contributed by atoms with Crippen LogP contribution in [0.1, 0.15) is 16.7 Å². The van der Waals surface area contributed by atoms with Crippen LogP contribution in [0.2, 0.25) is 5.02 Å². The van der Waals surface area contributed by atoms with Gasteiger partial charge in [-0.15, -0.1) is 0 Å². The standard InChI is InChI=1S/C24H22ClN3O3S/c1-17-3-10-22(11-4-17)32(30,31)28(23-12-7-20(25)15-18(23)2)16-24(29)27-21-8-5-19(6-9-21)13-14-26/h3-12,15H,13,16H2,1-2H3,(H,27,29). The highest BCUT2D eigenvalue weighted by Crippen LogP contribution is 2.29. The summed E-state index contributed by atoms with van der Waals surface area (Å²) < 4.78 is 28.0. The van der Waals surface area contributed by atoms with E-state index in [0.717, 1.165) is 15.4 Å². The van der Waals surface area contributed by atoms with E-state index in [2.05, 4.69) is 11.4 Å². The van der Waals surface area contributed by atoms with Gasteiger partial charge in [-0.2, -0.15) is 5.26 Å². The summed E-state index contributed by atoms with van der Waals surface area (Å²) in [5.41, 5.74) is 3.26. The van der Waals surface area contributed by atoms with Gasteiger partial charge in [0, 0.05) is 10.7 Å². The lowest BCUT2D eigenvalue weighted by Gasteiger charge is -2.26. The molecule has 3 aromatic carbocycles. The smallest absolute Gasteiger partial charge is 0.264 e. The van der Waals surface area contributed by atoms with Crippen LogP contribution in [0.5, 0.6) is 0 Å². The van der Waals surface area contributed by atoms with E-state index in [1.165, 1.54) is 12.1 Å². The van der Waals surface area contributed by atoms with Crippen molar-refractivity contribution in [2.24, 2.45) is 0 Å². The third kappa shape index (κ3) is 5.47. The molecule has 1 N–H and O–H groups in total. The molecule has 0 bridgehead atoms. The second-order valence-electron chi connectivity index (χ2n) is 7.34. The summed E-state index contributed by atoms with van der Waals surface area (Å²) in [6.45, 7) is 3.19. The molecule has 0 atom stereocenters. The van der Waals surface area contributed by atoms with Gasteiger partial charge >= 0.3 is 0 Å².